The van der Waals surface area contributed by atoms with E-state index in [2.05, 4.69) is 12.2 Å². The molecule has 1 saturated carbocycles. The van der Waals surface area contributed by atoms with Crippen molar-refractivity contribution in [3.63, 3.8) is 0 Å². The number of carbonyl (C=O) groups is 2. The van der Waals surface area contributed by atoms with Gasteiger partial charge in [0.2, 0.25) is 5.91 Å². The topological polar surface area (TPSA) is 88.4 Å². The second kappa shape index (κ2) is 11.5. The predicted molar refractivity (Wildman–Crippen MR) is 130 cm³/mol. The molecule has 1 aromatic rings. The van der Waals surface area contributed by atoms with E-state index in [9.17, 15) is 9.59 Å². The van der Waals surface area contributed by atoms with Crippen molar-refractivity contribution in [1.29, 1.82) is 0 Å². The minimum Gasteiger partial charge on any atom is -0.493 e. The molecule has 184 valence electrons. The van der Waals surface area contributed by atoms with Crippen LogP contribution in [-0.4, -0.2) is 47.5 Å². The maximum atomic E-state index is 13.5. The molecule has 1 heterocycles. The third kappa shape index (κ3) is 5.62. The number of carbonyl (C=O) groups excluding carboxylic acids is 1. The highest BCUT2D eigenvalue weighted by Crippen LogP contribution is 2.38. The lowest BCUT2D eigenvalue weighted by Crippen LogP contribution is -2.49. The van der Waals surface area contributed by atoms with E-state index in [0.717, 1.165) is 49.8 Å². The number of allylic oxidation sites excluding steroid dienone is 2. The van der Waals surface area contributed by atoms with Gasteiger partial charge in [0.05, 0.1) is 31.4 Å². The second-order valence-electron chi connectivity index (χ2n) is 9.53. The second-order valence-corrected chi connectivity index (χ2v) is 9.53. The van der Waals surface area contributed by atoms with Gasteiger partial charge in [0.1, 0.15) is 0 Å². The molecule has 1 aromatic carbocycles. The van der Waals surface area contributed by atoms with Crippen LogP contribution in [-0.2, 0) is 9.59 Å². The minimum atomic E-state index is -0.793. The highest BCUT2D eigenvalue weighted by atomic mass is 16.5. The molecule has 1 amide bonds. The molecule has 0 saturated heterocycles. The highest BCUT2D eigenvalue weighted by Gasteiger charge is 2.42. The summed E-state index contributed by atoms with van der Waals surface area (Å²) in [4.78, 5) is 24.2. The number of ether oxygens (including phenoxy) is 2. The summed E-state index contributed by atoms with van der Waals surface area (Å²) >= 11 is 0. The van der Waals surface area contributed by atoms with Crippen LogP contribution in [0.4, 0.5) is 0 Å². The van der Waals surface area contributed by atoms with Crippen LogP contribution < -0.4 is 9.47 Å². The van der Waals surface area contributed by atoms with Crippen LogP contribution in [0.3, 0.4) is 0 Å². The SMILES string of the molecule is COc1ccc(C2=NN(C3CCCCCC3)C(=O)[C@H]3CC=CC[C@@H]23)cc1OCCCCC(=O)O. The van der Waals surface area contributed by atoms with Crippen molar-refractivity contribution in [2.45, 2.75) is 76.7 Å². The van der Waals surface area contributed by atoms with E-state index in [1.54, 1.807) is 7.11 Å². The average molecular weight is 469 g/mol. The molecule has 1 fully saturated rings. The average Bonchev–Trinajstić information content (AvgIpc) is 3.13. The molecule has 0 bridgehead atoms. The van der Waals surface area contributed by atoms with Crippen LogP contribution in [0.5, 0.6) is 11.5 Å². The Kier molecular flexibility index (Phi) is 8.25. The molecule has 7 heteroatoms. The fourth-order valence-corrected chi connectivity index (χ4v) is 5.34. The van der Waals surface area contributed by atoms with E-state index in [1.165, 1.54) is 12.8 Å². The fourth-order valence-electron chi connectivity index (χ4n) is 5.34. The number of unbranched alkanes of at least 4 members (excludes halogenated alkanes) is 1. The Morgan fingerprint density at radius 1 is 1.06 bits per heavy atom. The Morgan fingerprint density at radius 3 is 2.50 bits per heavy atom. The van der Waals surface area contributed by atoms with Gasteiger partial charge in [-0.15, -0.1) is 0 Å². The Bertz CT molecular complexity index is 933. The first kappa shape index (κ1) is 24.3. The number of hydrogen-bond donors (Lipinski definition) is 1. The number of carboxylic acids is 1. The molecule has 2 atom stereocenters. The van der Waals surface area contributed by atoms with Gasteiger partial charge in [-0.2, -0.15) is 5.10 Å². The Balaban J connectivity index is 1.60. The zero-order valence-corrected chi connectivity index (χ0v) is 20.1. The van der Waals surface area contributed by atoms with Gasteiger partial charge >= 0.3 is 5.97 Å². The maximum Gasteiger partial charge on any atom is 0.303 e. The van der Waals surface area contributed by atoms with Gasteiger partial charge in [-0.1, -0.05) is 37.8 Å². The molecule has 3 aliphatic rings. The largest absolute Gasteiger partial charge is 0.493 e. The van der Waals surface area contributed by atoms with Gasteiger partial charge in [0.15, 0.2) is 11.5 Å². The van der Waals surface area contributed by atoms with Crippen molar-refractivity contribution in [2.24, 2.45) is 16.9 Å². The Hall–Kier alpha value is -2.83. The number of fused-ring (bicyclic) bond motifs is 1. The van der Waals surface area contributed by atoms with Crippen molar-refractivity contribution in [2.75, 3.05) is 13.7 Å². The lowest BCUT2D eigenvalue weighted by molar-refractivity contribution is -0.140. The zero-order valence-electron chi connectivity index (χ0n) is 20.1. The lowest BCUT2D eigenvalue weighted by atomic mass is 9.76. The van der Waals surface area contributed by atoms with Crippen molar-refractivity contribution in [3.8, 4) is 11.5 Å². The van der Waals surface area contributed by atoms with Crippen molar-refractivity contribution in [1.82, 2.24) is 5.01 Å². The number of benzene rings is 1. The van der Waals surface area contributed by atoms with Gasteiger partial charge < -0.3 is 14.6 Å². The Morgan fingerprint density at radius 2 is 1.79 bits per heavy atom. The predicted octanol–water partition coefficient (Wildman–Crippen LogP) is 5.18. The summed E-state index contributed by atoms with van der Waals surface area (Å²) < 4.78 is 11.5. The van der Waals surface area contributed by atoms with Gasteiger partial charge in [-0.05, 0) is 56.7 Å². The third-order valence-electron chi connectivity index (χ3n) is 7.21. The molecule has 7 nitrogen and oxygen atoms in total. The summed E-state index contributed by atoms with van der Waals surface area (Å²) in [7, 11) is 1.61. The molecule has 0 radical (unpaired) electrons. The third-order valence-corrected chi connectivity index (χ3v) is 7.21. The monoisotopic (exact) mass is 468 g/mol. The van der Waals surface area contributed by atoms with Crippen LogP contribution in [0.2, 0.25) is 0 Å². The molecule has 0 spiro atoms. The van der Waals surface area contributed by atoms with Crippen molar-refractivity contribution in [3.05, 3.63) is 35.9 Å². The minimum absolute atomic E-state index is 0.0661. The van der Waals surface area contributed by atoms with E-state index >= 15 is 0 Å². The summed E-state index contributed by atoms with van der Waals surface area (Å²) in [6.07, 6.45) is 14.0. The van der Waals surface area contributed by atoms with E-state index in [4.69, 9.17) is 19.7 Å². The summed E-state index contributed by atoms with van der Waals surface area (Å²) in [6.45, 7) is 0.418. The summed E-state index contributed by atoms with van der Waals surface area (Å²) in [6, 6.07) is 6.04. The summed E-state index contributed by atoms with van der Waals surface area (Å²) in [5, 5.41) is 15.7. The molecule has 1 aliphatic heterocycles. The van der Waals surface area contributed by atoms with Crippen LogP contribution in [0, 0.1) is 11.8 Å². The quantitative estimate of drug-likeness (QED) is 0.306. The Labute approximate surface area is 201 Å². The number of rotatable bonds is 9. The van der Waals surface area contributed by atoms with E-state index < -0.39 is 5.97 Å². The number of methoxy groups -OCH3 is 1. The smallest absolute Gasteiger partial charge is 0.303 e. The zero-order chi connectivity index (χ0) is 23.9. The van der Waals surface area contributed by atoms with Gasteiger partial charge in [0.25, 0.3) is 0 Å². The molecule has 2 aliphatic carbocycles. The molecular formula is C27H36N2O5. The van der Waals surface area contributed by atoms with Crippen LogP contribution in [0.25, 0.3) is 0 Å². The molecule has 0 aromatic heterocycles. The van der Waals surface area contributed by atoms with E-state index in [1.807, 2.05) is 23.2 Å². The first-order chi connectivity index (χ1) is 16.6. The number of amides is 1. The number of carboxylic acid groups (broad SMARTS) is 1. The van der Waals surface area contributed by atoms with Crippen LogP contribution >= 0.6 is 0 Å². The number of nitrogens with zero attached hydrogens (tertiary/aromatic N) is 2. The molecular weight excluding hydrogens is 432 g/mol. The molecule has 1 N–H and O–H groups in total. The number of aliphatic carboxylic acids is 1. The molecule has 4 rings (SSSR count). The number of hydrazone groups is 1. The lowest BCUT2D eigenvalue weighted by Gasteiger charge is -2.40. The van der Waals surface area contributed by atoms with Gasteiger partial charge in [-0.25, -0.2) is 5.01 Å². The van der Waals surface area contributed by atoms with Gasteiger partial charge in [0, 0.05) is 17.9 Å². The fraction of sp³-hybridized carbons (Fsp3) is 0.593. The first-order valence-corrected chi connectivity index (χ1v) is 12.7. The van der Waals surface area contributed by atoms with Gasteiger partial charge in [-0.3, -0.25) is 9.59 Å². The standard InChI is InChI=1S/C27H36N2O5/c1-33-23-16-15-19(18-24(23)34-17-9-8-14-25(30)31)26-21-12-6-7-13-22(21)27(32)29(28-26)20-10-4-2-3-5-11-20/h6-7,15-16,18,20-22H,2-5,8-14,17H2,1H3,(H,30,31)/t21-,22+/m1/s1. The van der Waals surface area contributed by atoms with E-state index in [-0.39, 0.29) is 30.2 Å². The first-order valence-electron chi connectivity index (χ1n) is 12.7. The maximum absolute atomic E-state index is 13.5. The summed E-state index contributed by atoms with van der Waals surface area (Å²) in [5.41, 5.74) is 1.91. The normalized spacial score (nSPS) is 23.1. The molecule has 34 heavy (non-hydrogen) atoms. The van der Waals surface area contributed by atoms with Crippen LogP contribution in [0.15, 0.2) is 35.5 Å². The van der Waals surface area contributed by atoms with E-state index in [0.29, 0.717) is 30.9 Å². The number of hydrogen-bond acceptors (Lipinski definition) is 5. The molecule has 0 unspecified atom stereocenters. The highest BCUT2D eigenvalue weighted by molar-refractivity contribution is 6.07. The van der Waals surface area contributed by atoms with Crippen LogP contribution in [0.1, 0.15) is 76.2 Å². The van der Waals surface area contributed by atoms with Crippen molar-refractivity contribution >= 4 is 17.6 Å². The van der Waals surface area contributed by atoms with Crippen molar-refractivity contribution < 1.29 is 24.2 Å². The summed E-state index contributed by atoms with van der Waals surface area (Å²) in [5.74, 6) is 0.640.